The molecule has 1 aliphatic rings. The number of aromatic nitrogens is 1. The van der Waals surface area contributed by atoms with Gasteiger partial charge in [-0.2, -0.15) is 5.16 Å². The van der Waals surface area contributed by atoms with Crippen molar-refractivity contribution in [2.75, 3.05) is 19.8 Å². The molecule has 0 spiro atoms. The number of ether oxygens (including phenoxy) is 1. The highest BCUT2D eigenvalue weighted by Gasteiger charge is 2.18. The van der Waals surface area contributed by atoms with Crippen LogP contribution in [0.25, 0.3) is 0 Å². The zero-order valence-corrected chi connectivity index (χ0v) is 6.50. The van der Waals surface area contributed by atoms with E-state index in [4.69, 9.17) is 9.26 Å². The fraction of sp³-hybridized carbons (Fsp3) is 0.571. The van der Waals surface area contributed by atoms with Crippen molar-refractivity contribution in [2.45, 2.75) is 6.04 Å². The van der Waals surface area contributed by atoms with Crippen LogP contribution >= 0.6 is 0 Å². The molecule has 1 aliphatic heterocycles. The van der Waals surface area contributed by atoms with Crippen LogP contribution in [0.5, 0.6) is 0 Å². The Labute approximate surface area is 68.7 Å². The van der Waals surface area contributed by atoms with E-state index in [-0.39, 0.29) is 11.6 Å². The van der Waals surface area contributed by atoms with Gasteiger partial charge in [0.05, 0.1) is 19.3 Å². The first-order chi connectivity index (χ1) is 5.86. The van der Waals surface area contributed by atoms with Crippen molar-refractivity contribution in [1.82, 2.24) is 10.5 Å². The molecule has 0 radical (unpaired) electrons. The van der Waals surface area contributed by atoms with E-state index in [0.29, 0.717) is 19.0 Å². The predicted octanol–water partition coefficient (Wildman–Crippen LogP) is -0.371. The summed E-state index contributed by atoms with van der Waals surface area (Å²) in [6.45, 7) is 2.06. The van der Waals surface area contributed by atoms with Gasteiger partial charge in [-0.15, -0.1) is 0 Å². The van der Waals surface area contributed by atoms with E-state index >= 15 is 0 Å². The van der Waals surface area contributed by atoms with E-state index in [1.807, 2.05) is 0 Å². The molecule has 12 heavy (non-hydrogen) atoms. The lowest BCUT2D eigenvalue weighted by Gasteiger charge is -2.20. The molecule has 2 heterocycles. The van der Waals surface area contributed by atoms with Gasteiger partial charge in [0.1, 0.15) is 0 Å². The lowest BCUT2D eigenvalue weighted by molar-refractivity contribution is 0.0677. The third-order valence-electron chi connectivity index (χ3n) is 1.81. The third-order valence-corrected chi connectivity index (χ3v) is 1.81. The van der Waals surface area contributed by atoms with Gasteiger partial charge in [0.15, 0.2) is 5.76 Å². The fourth-order valence-corrected chi connectivity index (χ4v) is 1.22. The summed E-state index contributed by atoms with van der Waals surface area (Å²) in [5.41, 5.74) is -0.211. The van der Waals surface area contributed by atoms with Crippen molar-refractivity contribution in [3.05, 3.63) is 22.2 Å². The minimum Gasteiger partial charge on any atom is -0.382 e. The third kappa shape index (κ3) is 1.41. The number of morpholine rings is 1. The Morgan fingerprint density at radius 3 is 3.08 bits per heavy atom. The van der Waals surface area contributed by atoms with Crippen molar-refractivity contribution in [2.24, 2.45) is 0 Å². The highest BCUT2D eigenvalue weighted by molar-refractivity contribution is 5.01. The number of hydrogen-bond donors (Lipinski definition) is 2. The molecule has 5 heteroatoms. The second-order valence-corrected chi connectivity index (χ2v) is 2.70. The van der Waals surface area contributed by atoms with Crippen LogP contribution in [0.3, 0.4) is 0 Å². The molecule has 66 valence electrons. The normalized spacial score (nSPS) is 24.2. The minimum atomic E-state index is -0.211. The number of nitrogens with one attached hydrogen (secondary N) is 2. The summed E-state index contributed by atoms with van der Waals surface area (Å²) in [7, 11) is 0. The van der Waals surface area contributed by atoms with Gasteiger partial charge in [0, 0.05) is 12.6 Å². The molecule has 0 aromatic carbocycles. The van der Waals surface area contributed by atoms with E-state index < -0.39 is 0 Å². The van der Waals surface area contributed by atoms with E-state index in [0.717, 1.165) is 6.54 Å². The Bertz CT molecular complexity index is 298. The SMILES string of the molecule is O=c1cc(C2COCCN2)o[nH]1. The van der Waals surface area contributed by atoms with E-state index in [9.17, 15) is 4.79 Å². The van der Waals surface area contributed by atoms with Crippen LogP contribution in [0.2, 0.25) is 0 Å². The highest BCUT2D eigenvalue weighted by atomic mass is 16.5. The Morgan fingerprint density at radius 2 is 2.50 bits per heavy atom. The summed E-state index contributed by atoms with van der Waals surface area (Å²) in [5, 5.41) is 5.41. The second-order valence-electron chi connectivity index (χ2n) is 2.70. The Kier molecular flexibility index (Phi) is 1.97. The first kappa shape index (κ1) is 7.57. The van der Waals surface area contributed by atoms with Gasteiger partial charge in [-0.05, 0) is 0 Å². The smallest absolute Gasteiger partial charge is 0.280 e. The van der Waals surface area contributed by atoms with Gasteiger partial charge in [-0.25, -0.2) is 0 Å². The molecule has 1 unspecified atom stereocenters. The lowest BCUT2D eigenvalue weighted by atomic mass is 10.2. The average Bonchev–Trinajstić information content (AvgIpc) is 2.54. The molecule has 1 saturated heterocycles. The Hall–Kier alpha value is -1.07. The van der Waals surface area contributed by atoms with Crippen LogP contribution < -0.4 is 10.9 Å². The van der Waals surface area contributed by atoms with Gasteiger partial charge in [0.25, 0.3) is 5.56 Å². The van der Waals surface area contributed by atoms with Gasteiger partial charge >= 0.3 is 0 Å². The van der Waals surface area contributed by atoms with Gasteiger partial charge in [0.2, 0.25) is 0 Å². The maximum Gasteiger partial charge on any atom is 0.280 e. The summed E-state index contributed by atoms with van der Waals surface area (Å²) < 4.78 is 10.1. The van der Waals surface area contributed by atoms with E-state index in [1.165, 1.54) is 6.07 Å². The molecule has 1 aromatic rings. The van der Waals surface area contributed by atoms with Crippen LogP contribution in [-0.4, -0.2) is 24.9 Å². The standard InChI is InChI=1S/C7H10N2O3/c10-7-3-6(12-9-7)5-4-11-2-1-8-5/h3,5,8H,1-2,4H2,(H,9,10). The predicted molar refractivity (Wildman–Crippen MR) is 40.9 cm³/mol. The molecule has 0 saturated carbocycles. The molecular formula is C7H10N2O3. The van der Waals surface area contributed by atoms with Crippen molar-refractivity contribution in [1.29, 1.82) is 0 Å². The molecule has 1 fully saturated rings. The molecule has 0 amide bonds. The second kappa shape index (κ2) is 3.12. The van der Waals surface area contributed by atoms with Gasteiger partial charge < -0.3 is 14.6 Å². The quantitative estimate of drug-likeness (QED) is 0.603. The highest BCUT2D eigenvalue weighted by Crippen LogP contribution is 2.12. The van der Waals surface area contributed by atoms with Crippen LogP contribution in [0.15, 0.2) is 15.4 Å². The first-order valence-electron chi connectivity index (χ1n) is 3.86. The summed E-state index contributed by atoms with van der Waals surface area (Å²) in [4.78, 5) is 10.7. The molecule has 5 nitrogen and oxygen atoms in total. The molecule has 0 bridgehead atoms. The minimum absolute atomic E-state index is 0.0118. The molecular weight excluding hydrogens is 160 g/mol. The lowest BCUT2D eigenvalue weighted by Crippen LogP contribution is -2.34. The fourth-order valence-electron chi connectivity index (χ4n) is 1.22. The zero-order chi connectivity index (χ0) is 8.39. The summed E-state index contributed by atoms with van der Waals surface area (Å²) in [5.74, 6) is 0.611. The molecule has 2 N–H and O–H groups in total. The molecule has 1 aromatic heterocycles. The zero-order valence-electron chi connectivity index (χ0n) is 6.50. The van der Waals surface area contributed by atoms with Crippen molar-refractivity contribution >= 4 is 0 Å². The summed E-state index contributed by atoms with van der Waals surface area (Å²) in [6.07, 6.45) is 0. The average molecular weight is 170 g/mol. The molecule has 1 atom stereocenters. The largest absolute Gasteiger partial charge is 0.382 e. The van der Waals surface area contributed by atoms with E-state index in [2.05, 4.69) is 10.5 Å². The Balaban J connectivity index is 2.13. The van der Waals surface area contributed by atoms with E-state index in [1.54, 1.807) is 0 Å². The van der Waals surface area contributed by atoms with Gasteiger partial charge in [-0.3, -0.25) is 4.79 Å². The Morgan fingerprint density at radius 1 is 1.58 bits per heavy atom. The number of H-pyrrole nitrogens is 1. The number of rotatable bonds is 1. The monoisotopic (exact) mass is 170 g/mol. The molecule has 0 aliphatic carbocycles. The summed E-state index contributed by atoms with van der Waals surface area (Å²) >= 11 is 0. The summed E-state index contributed by atoms with van der Waals surface area (Å²) in [6, 6.07) is 1.45. The maximum absolute atomic E-state index is 10.7. The first-order valence-corrected chi connectivity index (χ1v) is 3.86. The van der Waals surface area contributed by atoms with Crippen LogP contribution in [0.4, 0.5) is 0 Å². The maximum atomic E-state index is 10.7. The van der Waals surface area contributed by atoms with Crippen LogP contribution in [0.1, 0.15) is 11.8 Å². The number of hydrogen-bond acceptors (Lipinski definition) is 4. The van der Waals surface area contributed by atoms with Crippen LogP contribution in [-0.2, 0) is 4.74 Å². The van der Waals surface area contributed by atoms with Crippen LogP contribution in [0, 0.1) is 0 Å². The van der Waals surface area contributed by atoms with Crippen molar-refractivity contribution in [3.8, 4) is 0 Å². The van der Waals surface area contributed by atoms with Crippen molar-refractivity contribution in [3.63, 3.8) is 0 Å². The number of aromatic amines is 1. The van der Waals surface area contributed by atoms with Gasteiger partial charge in [-0.1, -0.05) is 0 Å². The molecule has 2 rings (SSSR count). The van der Waals surface area contributed by atoms with Crippen molar-refractivity contribution < 1.29 is 9.26 Å². The topological polar surface area (TPSA) is 67.3 Å².